The van der Waals surface area contributed by atoms with Crippen molar-refractivity contribution in [1.82, 2.24) is 19.7 Å². The highest BCUT2D eigenvalue weighted by Crippen LogP contribution is 2.31. The molecule has 4 nitrogen and oxygen atoms in total. The van der Waals surface area contributed by atoms with Crippen LogP contribution in [0.1, 0.15) is 30.0 Å². The first-order chi connectivity index (χ1) is 12.1. The molecule has 130 valence electrons. The molecule has 0 unspecified atom stereocenters. The van der Waals surface area contributed by atoms with Crippen LogP contribution in [0.2, 0.25) is 10.0 Å². The summed E-state index contributed by atoms with van der Waals surface area (Å²) in [6.07, 6.45) is 4.16. The summed E-state index contributed by atoms with van der Waals surface area (Å²) in [7, 11) is 1.97. The van der Waals surface area contributed by atoms with Crippen LogP contribution in [-0.4, -0.2) is 32.8 Å². The molecule has 4 rings (SSSR count). The zero-order valence-electron chi connectivity index (χ0n) is 14.1. The number of hydrogen-bond donors (Lipinski definition) is 0. The van der Waals surface area contributed by atoms with Gasteiger partial charge in [0.2, 0.25) is 0 Å². The number of rotatable bonds is 3. The number of fused-ring (bicyclic) bond motifs is 1. The Morgan fingerprint density at radius 1 is 1.20 bits per heavy atom. The Balaban J connectivity index is 1.55. The number of benzene rings is 1. The van der Waals surface area contributed by atoms with Crippen LogP contribution < -0.4 is 0 Å². The van der Waals surface area contributed by atoms with Crippen LogP contribution in [0, 0.1) is 0 Å². The first-order valence-corrected chi connectivity index (χ1v) is 9.31. The summed E-state index contributed by atoms with van der Waals surface area (Å²) in [5.41, 5.74) is 3.33. The second-order valence-corrected chi connectivity index (χ2v) is 7.52. The van der Waals surface area contributed by atoms with Crippen LogP contribution in [0.5, 0.6) is 0 Å². The van der Waals surface area contributed by atoms with Crippen LogP contribution in [0.15, 0.2) is 36.5 Å². The van der Waals surface area contributed by atoms with Gasteiger partial charge >= 0.3 is 0 Å². The molecule has 3 aromatic rings. The molecule has 25 heavy (non-hydrogen) atoms. The molecule has 0 spiro atoms. The van der Waals surface area contributed by atoms with Gasteiger partial charge in [0.15, 0.2) is 5.65 Å². The van der Waals surface area contributed by atoms with Gasteiger partial charge in [0.05, 0.1) is 15.7 Å². The van der Waals surface area contributed by atoms with Crippen LogP contribution in [0.3, 0.4) is 0 Å². The zero-order valence-corrected chi connectivity index (χ0v) is 15.6. The van der Waals surface area contributed by atoms with Crippen LogP contribution >= 0.6 is 23.2 Å². The number of halogens is 2. The maximum absolute atomic E-state index is 6.15. The lowest BCUT2D eigenvalue weighted by atomic mass is 9.93. The van der Waals surface area contributed by atoms with Crippen LogP contribution in [0.4, 0.5) is 0 Å². The molecule has 1 atom stereocenters. The van der Waals surface area contributed by atoms with Gasteiger partial charge in [-0.25, -0.2) is 4.98 Å². The highest BCUT2D eigenvalue weighted by Gasteiger charge is 2.25. The minimum Gasteiger partial charge on any atom is -0.298 e. The maximum Gasteiger partial charge on any atom is 0.157 e. The van der Waals surface area contributed by atoms with E-state index < -0.39 is 0 Å². The summed E-state index contributed by atoms with van der Waals surface area (Å²) in [4.78, 5) is 6.94. The van der Waals surface area contributed by atoms with E-state index in [1.54, 1.807) is 0 Å². The van der Waals surface area contributed by atoms with E-state index in [1.807, 2.05) is 36.1 Å². The predicted octanol–water partition coefficient (Wildman–Crippen LogP) is 4.65. The number of piperidine rings is 1. The van der Waals surface area contributed by atoms with Gasteiger partial charge in [0.25, 0.3) is 0 Å². The molecule has 0 radical (unpaired) electrons. The first kappa shape index (κ1) is 16.8. The molecular weight excluding hydrogens is 355 g/mol. The number of aromatic nitrogens is 3. The highest BCUT2D eigenvalue weighted by molar-refractivity contribution is 6.42. The lowest BCUT2D eigenvalue weighted by Gasteiger charge is -2.32. The van der Waals surface area contributed by atoms with Crippen LogP contribution in [-0.2, 0) is 13.6 Å². The molecule has 1 aliphatic heterocycles. The van der Waals surface area contributed by atoms with Gasteiger partial charge in [0.1, 0.15) is 0 Å². The normalized spacial score (nSPS) is 18.8. The summed E-state index contributed by atoms with van der Waals surface area (Å²) in [5.74, 6) is 0.435. The SMILES string of the molecule is Cn1nc([C@H]2CCCN(Cc3ccc(Cl)c(Cl)c3)C2)c2cccnc21. The van der Waals surface area contributed by atoms with Crippen molar-refractivity contribution in [3.05, 3.63) is 57.8 Å². The third-order valence-corrected chi connectivity index (χ3v) is 5.65. The molecule has 0 amide bonds. The molecule has 0 saturated carbocycles. The third kappa shape index (κ3) is 3.39. The molecule has 6 heteroatoms. The molecular formula is C19H20Cl2N4. The van der Waals surface area contributed by atoms with E-state index in [0.29, 0.717) is 16.0 Å². The summed E-state index contributed by atoms with van der Waals surface area (Å²) in [6, 6.07) is 10.0. The maximum atomic E-state index is 6.15. The summed E-state index contributed by atoms with van der Waals surface area (Å²) in [5, 5.41) is 7.17. The number of hydrogen-bond acceptors (Lipinski definition) is 3. The lowest BCUT2D eigenvalue weighted by Crippen LogP contribution is -2.34. The second-order valence-electron chi connectivity index (χ2n) is 6.71. The Morgan fingerprint density at radius 3 is 2.92 bits per heavy atom. The molecule has 1 saturated heterocycles. The van der Waals surface area contributed by atoms with Gasteiger partial charge in [-0.1, -0.05) is 29.3 Å². The fourth-order valence-corrected chi connectivity index (χ4v) is 4.06. The monoisotopic (exact) mass is 374 g/mol. The number of pyridine rings is 1. The minimum atomic E-state index is 0.435. The molecule has 2 aromatic heterocycles. The van der Waals surface area contributed by atoms with Crippen molar-refractivity contribution >= 4 is 34.2 Å². The third-order valence-electron chi connectivity index (χ3n) is 4.91. The number of nitrogens with zero attached hydrogens (tertiary/aromatic N) is 4. The van der Waals surface area contributed by atoms with Crippen molar-refractivity contribution in [1.29, 1.82) is 0 Å². The molecule has 1 aromatic carbocycles. The molecule has 3 heterocycles. The fraction of sp³-hybridized carbons (Fsp3) is 0.368. The van der Waals surface area contributed by atoms with E-state index in [0.717, 1.165) is 25.3 Å². The Bertz CT molecular complexity index is 906. The van der Waals surface area contributed by atoms with Gasteiger partial charge in [-0.15, -0.1) is 0 Å². The summed E-state index contributed by atoms with van der Waals surface area (Å²) >= 11 is 12.2. The fourth-order valence-electron chi connectivity index (χ4n) is 3.74. The number of aryl methyl sites for hydroxylation is 1. The van der Waals surface area contributed by atoms with Crippen LogP contribution in [0.25, 0.3) is 11.0 Å². The van der Waals surface area contributed by atoms with E-state index in [9.17, 15) is 0 Å². The van der Waals surface area contributed by atoms with Gasteiger partial charge in [-0.05, 0) is 49.2 Å². The topological polar surface area (TPSA) is 34.0 Å². The standard InChI is InChI=1S/C19H20Cl2N4/c1-24-19-15(5-2-8-22-19)18(23-24)14-4-3-9-25(12-14)11-13-6-7-16(20)17(21)10-13/h2,5-8,10,14H,3-4,9,11-12H2,1H3/t14-/m0/s1. The van der Waals surface area contributed by atoms with E-state index >= 15 is 0 Å². The van der Waals surface area contributed by atoms with Crippen molar-refractivity contribution in [2.45, 2.75) is 25.3 Å². The van der Waals surface area contributed by atoms with E-state index in [-0.39, 0.29) is 0 Å². The molecule has 0 aliphatic carbocycles. The van der Waals surface area contributed by atoms with Crippen molar-refractivity contribution in [3.63, 3.8) is 0 Å². The minimum absolute atomic E-state index is 0.435. The van der Waals surface area contributed by atoms with Gasteiger partial charge in [0, 0.05) is 37.6 Å². The van der Waals surface area contributed by atoms with Gasteiger partial charge in [-0.3, -0.25) is 9.58 Å². The highest BCUT2D eigenvalue weighted by atomic mass is 35.5. The van der Waals surface area contributed by atoms with E-state index in [2.05, 4.69) is 22.0 Å². The average Bonchev–Trinajstić information content (AvgIpc) is 2.96. The summed E-state index contributed by atoms with van der Waals surface area (Å²) < 4.78 is 1.89. The molecule has 0 bridgehead atoms. The van der Waals surface area contributed by atoms with Crippen molar-refractivity contribution in [2.24, 2.45) is 7.05 Å². The Morgan fingerprint density at radius 2 is 2.08 bits per heavy atom. The zero-order chi connectivity index (χ0) is 17.4. The quantitative estimate of drug-likeness (QED) is 0.668. The Hall–Kier alpha value is -1.62. The van der Waals surface area contributed by atoms with Gasteiger partial charge in [-0.2, -0.15) is 5.10 Å². The Labute approximate surface area is 157 Å². The largest absolute Gasteiger partial charge is 0.298 e. The second kappa shape index (κ2) is 6.94. The van der Waals surface area contributed by atoms with Crippen molar-refractivity contribution in [2.75, 3.05) is 13.1 Å². The van der Waals surface area contributed by atoms with Gasteiger partial charge < -0.3 is 0 Å². The molecule has 1 fully saturated rings. The summed E-state index contributed by atoms with van der Waals surface area (Å²) in [6.45, 7) is 2.98. The average molecular weight is 375 g/mol. The smallest absolute Gasteiger partial charge is 0.157 e. The Kier molecular flexibility index (Phi) is 4.67. The predicted molar refractivity (Wildman–Crippen MR) is 102 cm³/mol. The first-order valence-electron chi connectivity index (χ1n) is 8.55. The van der Waals surface area contributed by atoms with E-state index in [1.165, 1.54) is 29.5 Å². The number of likely N-dealkylation sites (tertiary alicyclic amines) is 1. The van der Waals surface area contributed by atoms with Crippen molar-refractivity contribution in [3.8, 4) is 0 Å². The van der Waals surface area contributed by atoms with E-state index in [4.69, 9.17) is 28.3 Å². The lowest BCUT2D eigenvalue weighted by molar-refractivity contribution is 0.198. The molecule has 1 aliphatic rings. The molecule has 0 N–H and O–H groups in total. The van der Waals surface area contributed by atoms with Crippen molar-refractivity contribution < 1.29 is 0 Å².